The summed E-state index contributed by atoms with van der Waals surface area (Å²) in [5.41, 5.74) is 0. The van der Waals surface area contributed by atoms with E-state index in [2.05, 4.69) is 585 Å². The van der Waals surface area contributed by atoms with Crippen molar-refractivity contribution in [2.24, 2.45) is 0 Å². The minimum absolute atomic E-state index is 1.21. The van der Waals surface area contributed by atoms with Crippen molar-refractivity contribution in [1.82, 2.24) is 0 Å². The topological polar surface area (TPSA) is 55.4 Å². The monoisotopic (exact) mass is 1820 g/mol. The normalized spacial score (nSPS) is 12.1. The van der Waals surface area contributed by atoms with Gasteiger partial charge in [-0.05, 0) is 133 Å². The van der Waals surface area contributed by atoms with Crippen LogP contribution in [-0.2, 0) is 24.7 Å². The maximum Gasteiger partial charge on any atom is 0.312 e. The third kappa shape index (κ3) is 19.7. The van der Waals surface area contributed by atoms with E-state index in [1.165, 1.54) is 93.4 Å². The Morgan fingerprint density at radius 1 is 0.0930 bits per heavy atom. The number of hydrogen-bond acceptors (Lipinski definition) is 6. The molecule has 6 nitrogen and oxygen atoms in total. The molecule has 0 N–H and O–H groups in total. The van der Waals surface area contributed by atoms with E-state index in [-0.39, 0.29) is 0 Å². The molecule has 0 saturated heterocycles. The summed E-state index contributed by atoms with van der Waals surface area (Å²) in [6.45, 7) is 13.4. The third-order valence-electron chi connectivity index (χ3n) is 23.6. The van der Waals surface area contributed by atoms with E-state index in [4.69, 9.17) is 24.7 Å². The molecule has 129 heavy (non-hydrogen) atoms. The van der Waals surface area contributed by atoms with Gasteiger partial charge >= 0.3 is 25.7 Å². The van der Waals surface area contributed by atoms with Crippen LogP contribution in [0.2, 0.25) is 39.3 Å². The van der Waals surface area contributed by atoms with Gasteiger partial charge < -0.3 is 24.7 Å². The van der Waals surface area contributed by atoms with E-state index in [0.717, 1.165) is 0 Å². The Hall–Kier alpha value is -12.3. The Kier molecular flexibility index (Phi) is 28.9. The van der Waals surface area contributed by atoms with Gasteiger partial charge in [0.15, 0.2) is 0 Å². The molecule has 636 valence electrons. The average molecular weight is 1830 g/mol. The van der Waals surface area contributed by atoms with Crippen LogP contribution in [-0.4, -0.2) is 75.6 Å². The molecule has 18 rings (SSSR count). The highest BCUT2D eigenvalue weighted by atomic mass is 28.5. The molecule has 0 spiro atoms. The van der Waals surface area contributed by atoms with Gasteiger partial charge in [-0.3, -0.25) is 0 Å². The van der Waals surface area contributed by atoms with Gasteiger partial charge in [0, 0.05) is 0 Å². The van der Waals surface area contributed by atoms with Crippen LogP contribution in [0, 0.1) is 0 Å². The number of benzene rings is 18. The summed E-state index contributed by atoms with van der Waals surface area (Å²) in [5.74, 6) is 0. The molecule has 0 bridgehead atoms. The molecule has 0 aliphatic rings. The number of rotatable bonds is 30. The minimum atomic E-state index is -3.00. The zero-order valence-electron chi connectivity index (χ0n) is 73.9. The third-order valence-corrected chi connectivity index (χ3v) is 63.4. The first-order chi connectivity index (χ1) is 63.1. The van der Waals surface area contributed by atoms with E-state index in [9.17, 15) is 0 Å². The van der Waals surface area contributed by atoms with Crippen LogP contribution in [0.5, 0.6) is 0 Å². The lowest BCUT2D eigenvalue weighted by molar-refractivity contribution is 0.410. The van der Waals surface area contributed by atoms with Crippen molar-refractivity contribution >= 4 is 169 Å². The molecule has 0 radical (unpaired) electrons. The van der Waals surface area contributed by atoms with E-state index in [1.54, 1.807) is 0 Å². The SMILES string of the molecule is C[Si](C)(O[Si](c1ccccc1)(c1ccccc1)c1ccccc1)O[Si](c1ccccc1)(c1ccccc1)c1ccccc1.C[Si](C)(O[Si](c1ccccc1)(c1ccccc1)c1ccccc1)O[Si](c1ccccc1)(c1ccccc1)c1ccccc1.C[Si](C)(O[Si](c1ccccc1)(c1ccccc1)c1ccccc1)O[Si](c1ccccc1)(c1ccccc1)c1ccccc1. The van der Waals surface area contributed by atoms with Gasteiger partial charge in [-0.15, -0.1) is 0 Å². The second kappa shape index (κ2) is 41.4. The molecule has 0 unspecified atom stereocenters. The lowest BCUT2D eigenvalue weighted by atomic mass is 10.3. The molecule has 0 aromatic heterocycles. The molecule has 18 aromatic carbocycles. The summed E-state index contributed by atoms with van der Waals surface area (Å²) < 4.78 is 46.8. The summed E-state index contributed by atoms with van der Waals surface area (Å²) in [6, 6.07) is 194. The molecule has 0 heterocycles. The summed E-state index contributed by atoms with van der Waals surface area (Å²) in [6.07, 6.45) is 0. The van der Waals surface area contributed by atoms with Crippen molar-refractivity contribution in [3.05, 3.63) is 546 Å². The first-order valence-electron chi connectivity index (χ1n) is 44.3. The second-order valence-electron chi connectivity index (χ2n) is 33.5. The van der Waals surface area contributed by atoms with Crippen molar-refractivity contribution in [1.29, 1.82) is 0 Å². The minimum Gasteiger partial charge on any atom is -0.426 e. The number of hydrogen-bond donors (Lipinski definition) is 0. The van der Waals surface area contributed by atoms with Crippen LogP contribution in [0.3, 0.4) is 0 Å². The van der Waals surface area contributed by atoms with Crippen LogP contribution in [0.15, 0.2) is 546 Å². The highest BCUT2D eigenvalue weighted by molar-refractivity contribution is 7.16. The summed E-state index contributed by atoms with van der Waals surface area (Å²) >= 11 is 0. The highest BCUT2D eigenvalue weighted by Crippen LogP contribution is 2.28. The lowest BCUT2D eigenvalue weighted by Crippen LogP contribution is -2.77. The fourth-order valence-electron chi connectivity index (χ4n) is 18.4. The predicted octanol–water partition coefficient (Wildman–Crippen LogP) is 15.2. The standard InChI is InChI=1S/3C38H36O2Si3/c3*1-41(2,39-42(33-21-9-3-10-22-33,34-23-11-4-12-24-34)35-25-13-5-14-26-35)40-43(36-27-15-6-16-28-36,37-29-17-7-18-30-37)38-31-19-8-20-32-38/h3*3-32H,1-2H3. The molecule has 0 fully saturated rings. The maximum absolute atomic E-state index is 7.79. The molecule has 0 aliphatic heterocycles. The molecule has 0 aliphatic carbocycles. The molecule has 0 amide bonds. The van der Waals surface area contributed by atoms with E-state index >= 15 is 0 Å². The van der Waals surface area contributed by atoms with Gasteiger partial charge in [0.05, 0.1) is 0 Å². The maximum atomic E-state index is 7.79. The molecular formula is C114H108O6Si9. The van der Waals surface area contributed by atoms with Gasteiger partial charge in [-0.1, -0.05) is 546 Å². The smallest absolute Gasteiger partial charge is 0.312 e. The first kappa shape index (κ1) is 90.0. The van der Waals surface area contributed by atoms with Crippen LogP contribution < -0.4 is 93.4 Å². The Labute approximate surface area is 772 Å². The molecule has 15 heteroatoms. The van der Waals surface area contributed by atoms with Gasteiger partial charge in [0.2, 0.25) is 0 Å². The second-order valence-corrected chi connectivity index (χ2v) is 65.4. The van der Waals surface area contributed by atoms with Crippen LogP contribution in [0.4, 0.5) is 0 Å². The lowest BCUT2D eigenvalue weighted by Gasteiger charge is -2.44. The summed E-state index contributed by atoms with van der Waals surface area (Å²) in [4.78, 5) is 0. The quantitative estimate of drug-likeness (QED) is 0.0330. The fraction of sp³-hybridized carbons (Fsp3) is 0.0526. The summed E-state index contributed by atoms with van der Waals surface area (Å²) in [5, 5.41) is 21.8. The molecule has 0 saturated carbocycles. The largest absolute Gasteiger partial charge is 0.426 e. The van der Waals surface area contributed by atoms with Crippen molar-refractivity contribution in [2.75, 3.05) is 0 Å². The van der Waals surface area contributed by atoms with Crippen molar-refractivity contribution in [3.8, 4) is 0 Å². The van der Waals surface area contributed by atoms with Crippen LogP contribution >= 0.6 is 0 Å². The molecule has 0 atom stereocenters. The van der Waals surface area contributed by atoms with E-state index in [1.807, 2.05) is 0 Å². The van der Waals surface area contributed by atoms with Crippen molar-refractivity contribution in [3.63, 3.8) is 0 Å². The van der Waals surface area contributed by atoms with E-state index in [0.29, 0.717) is 0 Å². The zero-order valence-corrected chi connectivity index (χ0v) is 82.9. The zero-order chi connectivity index (χ0) is 88.8. The van der Waals surface area contributed by atoms with Crippen molar-refractivity contribution < 1.29 is 24.7 Å². The van der Waals surface area contributed by atoms with E-state index < -0.39 is 75.6 Å². The Balaban J connectivity index is 0.000000142. The van der Waals surface area contributed by atoms with Gasteiger partial charge in [0.1, 0.15) is 0 Å². The Morgan fingerprint density at radius 3 is 0.202 bits per heavy atom. The Morgan fingerprint density at radius 2 is 0.147 bits per heavy atom. The highest BCUT2D eigenvalue weighted by Gasteiger charge is 2.57. The van der Waals surface area contributed by atoms with Gasteiger partial charge in [-0.2, -0.15) is 0 Å². The Bertz CT molecular complexity index is 4810. The average Bonchev–Trinajstić information content (AvgIpc) is 0.759. The predicted molar refractivity (Wildman–Crippen MR) is 563 cm³/mol. The fourth-order valence-corrected chi connectivity index (χ4v) is 64.2. The molecule has 18 aromatic rings. The van der Waals surface area contributed by atoms with Gasteiger partial charge in [-0.25, -0.2) is 0 Å². The van der Waals surface area contributed by atoms with Gasteiger partial charge in [0.25, 0.3) is 49.9 Å². The van der Waals surface area contributed by atoms with Crippen LogP contribution in [0.1, 0.15) is 0 Å². The molecular weight excluding hydrogens is 1720 g/mol. The first-order valence-corrected chi connectivity index (χ1v) is 64.2. The van der Waals surface area contributed by atoms with Crippen molar-refractivity contribution in [2.45, 2.75) is 39.3 Å². The van der Waals surface area contributed by atoms with Crippen LogP contribution in [0.25, 0.3) is 0 Å². The summed E-state index contributed by atoms with van der Waals surface area (Å²) in [7, 11) is -26.9.